The highest BCUT2D eigenvalue weighted by molar-refractivity contribution is 6.21. The van der Waals surface area contributed by atoms with Gasteiger partial charge in [-0.25, -0.2) is 0 Å². The van der Waals surface area contributed by atoms with Crippen molar-refractivity contribution in [3.8, 4) is 0 Å². The Morgan fingerprint density at radius 3 is 2.78 bits per heavy atom. The van der Waals surface area contributed by atoms with Crippen molar-refractivity contribution < 1.29 is 0 Å². The van der Waals surface area contributed by atoms with Gasteiger partial charge >= 0.3 is 0 Å². The summed E-state index contributed by atoms with van der Waals surface area (Å²) in [4.78, 5) is 0. The summed E-state index contributed by atoms with van der Waals surface area (Å²) >= 11 is 6.25. The van der Waals surface area contributed by atoms with Crippen molar-refractivity contribution >= 4 is 11.6 Å². The maximum atomic E-state index is 6.25. The highest BCUT2D eigenvalue weighted by atomic mass is 35.5. The summed E-state index contributed by atoms with van der Waals surface area (Å²) in [5, 5.41) is 0.285. The van der Waals surface area contributed by atoms with Crippen LogP contribution < -0.4 is 0 Å². The van der Waals surface area contributed by atoms with Crippen molar-refractivity contribution in [3.05, 3.63) is 47.0 Å². The van der Waals surface area contributed by atoms with Crippen LogP contribution in [0.1, 0.15) is 55.6 Å². The van der Waals surface area contributed by atoms with E-state index in [2.05, 4.69) is 30.3 Å². The van der Waals surface area contributed by atoms with Crippen LogP contribution in [0.15, 0.2) is 35.9 Å². The number of hydrogen-bond acceptors (Lipinski definition) is 0. The van der Waals surface area contributed by atoms with E-state index in [1.165, 1.54) is 38.5 Å². The first-order valence-corrected chi connectivity index (χ1v) is 7.68. The summed E-state index contributed by atoms with van der Waals surface area (Å²) in [6.07, 6.45) is 11.2. The summed E-state index contributed by atoms with van der Waals surface area (Å²) in [6, 6.07) is 9.01. The molecule has 2 atom stereocenters. The molecule has 18 heavy (non-hydrogen) atoms. The molecule has 0 N–H and O–H groups in total. The van der Waals surface area contributed by atoms with Gasteiger partial charge in [0, 0.05) is 0 Å². The minimum Gasteiger partial charge on any atom is -0.118 e. The number of hydrogen-bond donors (Lipinski definition) is 0. The van der Waals surface area contributed by atoms with Crippen molar-refractivity contribution in [1.82, 2.24) is 0 Å². The molecule has 0 radical (unpaired) electrons. The topological polar surface area (TPSA) is 0 Å². The van der Waals surface area contributed by atoms with Gasteiger partial charge in [0.25, 0.3) is 0 Å². The van der Waals surface area contributed by atoms with E-state index >= 15 is 0 Å². The van der Waals surface area contributed by atoms with E-state index in [0.29, 0.717) is 0 Å². The fourth-order valence-corrected chi connectivity index (χ4v) is 3.83. The zero-order valence-electron chi connectivity index (χ0n) is 10.9. The first-order chi connectivity index (χ1) is 8.83. The highest BCUT2D eigenvalue weighted by Gasteiger charge is 2.22. The van der Waals surface area contributed by atoms with Crippen LogP contribution in [0.2, 0.25) is 0 Å². The lowest BCUT2D eigenvalue weighted by Crippen LogP contribution is -2.12. The van der Waals surface area contributed by atoms with Crippen molar-refractivity contribution in [1.29, 1.82) is 0 Å². The molecule has 2 unspecified atom stereocenters. The van der Waals surface area contributed by atoms with E-state index in [1.807, 2.05) is 0 Å². The van der Waals surface area contributed by atoms with Gasteiger partial charge in [-0.15, -0.1) is 11.6 Å². The number of alkyl halides is 1. The molecule has 2 aliphatic carbocycles. The number of benzene rings is 1. The standard InChI is InChI=1S/C17H21Cl/c18-16-9-3-5-13(12-16)11-15-8-4-7-14-6-1-2-10-17(14)15/h1-2,6,10,12,15-16H,3-5,7-9,11H2. The van der Waals surface area contributed by atoms with E-state index < -0.39 is 0 Å². The Hall–Kier alpha value is -0.750. The van der Waals surface area contributed by atoms with Gasteiger partial charge in [0.15, 0.2) is 0 Å². The Bertz CT molecular complexity index is 447. The van der Waals surface area contributed by atoms with Gasteiger partial charge in [-0.2, -0.15) is 0 Å². The first-order valence-electron chi connectivity index (χ1n) is 7.24. The molecule has 2 aliphatic rings. The highest BCUT2D eigenvalue weighted by Crippen LogP contribution is 2.38. The molecule has 96 valence electrons. The second kappa shape index (κ2) is 5.48. The molecule has 1 heteroatoms. The van der Waals surface area contributed by atoms with Gasteiger partial charge in [-0.1, -0.05) is 35.9 Å². The molecule has 0 aliphatic heterocycles. The lowest BCUT2D eigenvalue weighted by atomic mass is 9.78. The normalized spacial score (nSPS) is 27.5. The molecule has 3 rings (SSSR count). The van der Waals surface area contributed by atoms with E-state index in [0.717, 1.165) is 12.3 Å². The molecule has 0 aromatic heterocycles. The second-order valence-electron chi connectivity index (χ2n) is 5.73. The Labute approximate surface area is 115 Å². The van der Waals surface area contributed by atoms with Crippen molar-refractivity contribution in [3.63, 3.8) is 0 Å². The summed E-state index contributed by atoms with van der Waals surface area (Å²) in [7, 11) is 0. The molecule has 0 bridgehead atoms. The first kappa shape index (κ1) is 12.3. The SMILES string of the molecule is ClC1C=C(CC2CCCc3ccccc32)CCC1. The fourth-order valence-electron chi connectivity index (χ4n) is 3.50. The van der Waals surface area contributed by atoms with Gasteiger partial charge in [0.2, 0.25) is 0 Å². The lowest BCUT2D eigenvalue weighted by Gasteiger charge is -2.28. The predicted molar refractivity (Wildman–Crippen MR) is 78.3 cm³/mol. The zero-order chi connectivity index (χ0) is 12.4. The van der Waals surface area contributed by atoms with E-state index in [4.69, 9.17) is 11.6 Å². The average Bonchev–Trinajstić information content (AvgIpc) is 2.39. The Morgan fingerprint density at radius 2 is 1.89 bits per heavy atom. The summed E-state index contributed by atoms with van der Waals surface area (Å²) in [5.74, 6) is 0.739. The van der Waals surface area contributed by atoms with E-state index in [-0.39, 0.29) is 5.38 Å². The molecule has 0 fully saturated rings. The van der Waals surface area contributed by atoms with Crippen LogP contribution in [0.25, 0.3) is 0 Å². The van der Waals surface area contributed by atoms with Crippen LogP contribution in [0, 0.1) is 0 Å². The molecule has 0 heterocycles. The molecule has 0 amide bonds. The van der Waals surface area contributed by atoms with Crippen LogP contribution in [0.5, 0.6) is 0 Å². The average molecular weight is 261 g/mol. The van der Waals surface area contributed by atoms with E-state index in [1.54, 1.807) is 16.7 Å². The van der Waals surface area contributed by atoms with E-state index in [9.17, 15) is 0 Å². The minimum absolute atomic E-state index is 0.285. The molecule has 1 aromatic rings. The minimum atomic E-state index is 0.285. The Kier molecular flexibility index (Phi) is 3.75. The molecule has 0 spiro atoms. The predicted octanol–water partition coefficient (Wildman–Crippen LogP) is 5.21. The summed E-state index contributed by atoms with van der Waals surface area (Å²) < 4.78 is 0. The molecule has 0 saturated heterocycles. The van der Waals surface area contributed by atoms with Crippen molar-refractivity contribution in [2.75, 3.05) is 0 Å². The van der Waals surface area contributed by atoms with Gasteiger partial charge < -0.3 is 0 Å². The van der Waals surface area contributed by atoms with Crippen molar-refractivity contribution in [2.45, 2.75) is 56.2 Å². The molecule has 0 nitrogen and oxygen atoms in total. The van der Waals surface area contributed by atoms with Crippen LogP contribution >= 0.6 is 11.6 Å². The number of rotatable bonds is 2. The molecule has 1 aromatic carbocycles. The maximum absolute atomic E-state index is 6.25. The van der Waals surface area contributed by atoms with Gasteiger partial charge in [-0.05, 0) is 62.0 Å². The smallest absolute Gasteiger partial charge is 0.0518 e. The maximum Gasteiger partial charge on any atom is 0.0518 e. The fraction of sp³-hybridized carbons (Fsp3) is 0.529. The van der Waals surface area contributed by atoms with Gasteiger partial charge in [0.1, 0.15) is 0 Å². The summed E-state index contributed by atoms with van der Waals surface area (Å²) in [5.41, 5.74) is 4.77. The third-order valence-electron chi connectivity index (χ3n) is 4.40. The van der Waals surface area contributed by atoms with Crippen LogP contribution in [0.4, 0.5) is 0 Å². The number of halogens is 1. The van der Waals surface area contributed by atoms with Crippen LogP contribution in [-0.2, 0) is 6.42 Å². The largest absolute Gasteiger partial charge is 0.118 e. The molecular weight excluding hydrogens is 240 g/mol. The number of aryl methyl sites for hydroxylation is 1. The third-order valence-corrected chi connectivity index (χ3v) is 4.74. The zero-order valence-corrected chi connectivity index (χ0v) is 11.6. The van der Waals surface area contributed by atoms with Crippen molar-refractivity contribution in [2.24, 2.45) is 0 Å². The third kappa shape index (κ3) is 2.64. The van der Waals surface area contributed by atoms with Crippen LogP contribution in [0.3, 0.4) is 0 Å². The number of allylic oxidation sites excluding steroid dienone is 2. The lowest BCUT2D eigenvalue weighted by molar-refractivity contribution is 0.531. The second-order valence-corrected chi connectivity index (χ2v) is 6.29. The monoisotopic (exact) mass is 260 g/mol. The summed E-state index contributed by atoms with van der Waals surface area (Å²) in [6.45, 7) is 0. The quantitative estimate of drug-likeness (QED) is 0.506. The van der Waals surface area contributed by atoms with Gasteiger partial charge in [-0.3, -0.25) is 0 Å². The Balaban J connectivity index is 1.78. The molecular formula is C17H21Cl. The molecule has 0 saturated carbocycles. The number of fused-ring (bicyclic) bond motifs is 1. The van der Waals surface area contributed by atoms with Crippen LogP contribution in [-0.4, -0.2) is 5.38 Å². The Morgan fingerprint density at radius 1 is 1.06 bits per heavy atom. The van der Waals surface area contributed by atoms with Gasteiger partial charge in [0.05, 0.1) is 5.38 Å².